The number of aliphatic hydroxyl groups is 1. The Bertz CT molecular complexity index is 326. The van der Waals surface area contributed by atoms with Crippen LogP contribution in [0.2, 0.25) is 5.02 Å². The summed E-state index contributed by atoms with van der Waals surface area (Å²) >= 11 is 5.76. The average molecular weight is 195 g/mol. The van der Waals surface area contributed by atoms with Gasteiger partial charge in [-0.15, -0.1) is 0 Å². The molecule has 0 spiro atoms. The highest BCUT2D eigenvalue weighted by Gasteiger charge is 2.27. The van der Waals surface area contributed by atoms with Crippen LogP contribution in [0.4, 0.5) is 0 Å². The molecule has 1 atom stereocenters. The summed E-state index contributed by atoms with van der Waals surface area (Å²) in [4.78, 5) is 0. The first kappa shape index (κ1) is 8.79. The van der Waals surface area contributed by atoms with Crippen LogP contribution in [0.5, 0.6) is 0 Å². The maximum Gasteiger partial charge on any atom is 0.0499 e. The van der Waals surface area contributed by atoms with E-state index in [1.54, 1.807) is 0 Å². The quantitative estimate of drug-likeness (QED) is 0.768. The third kappa shape index (κ3) is 2.11. The maximum absolute atomic E-state index is 8.84. The van der Waals surface area contributed by atoms with E-state index in [0.717, 1.165) is 17.0 Å². The molecule has 2 heteroatoms. The third-order valence-corrected chi connectivity index (χ3v) is 2.54. The fourth-order valence-corrected chi connectivity index (χ4v) is 1.48. The smallest absolute Gasteiger partial charge is 0.0499 e. The predicted octanol–water partition coefficient (Wildman–Crippen LogP) is 2.74. The normalized spacial score (nSPS) is 23.5. The monoisotopic (exact) mass is 194 g/mol. The number of aliphatic hydroxyl groups excluding tert-OH is 1. The van der Waals surface area contributed by atoms with E-state index in [1.807, 2.05) is 24.3 Å². The lowest BCUT2D eigenvalue weighted by molar-refractivity contribution is 0.281. The van der Waals surface area contributed by atoms with Crippen molar-refractivity contribution in [3.05, 3.63) is 40.4 Å². The number of halogens is 1. The van der Waals surface area contributed by atoms with Crippen molar-refractivity contribution in [2.75, 3.05) is 6.61 Å². The number of benzene rings is 1. The van der Waals surface area contributed by atoms with E-state index >= 15 is 0 Å². The Labute approximate surface area is 82.7 Å². The lowest BCUT2D eigenvalue weighted by Gasteiger charge is -1.92. The summed E-state index contributed by atoms with van der Waals surface area (Å²) < 4.78 is 0. The maximum atomic E-state index is 8.84. The van der Waals surface area contributed by atoms with E-state index in [1.165, 1.54) is 5.57 Å². The van der Waals surface area contributed by atoms with Gasteiger partial charge in [0.05, 0.1) is 0 Å². The second-order valence-corrected chi connectivity index (χ2v) is 3.79. The van der Waals surface area contributed by atoms with Crippen LogP contribution < -0.4 is 0 Å². The van der Waals surface area contributed by atoms with Crippen molar-refractivity contribution in [2.45, 2.75) is 6.42 Å². The van der Waals surface area contributed by atoms with E-state index < -0.39 is 0 Å². The van der Waals surface area contributed by atoms with Gasteiger partial charge < -0.3 is 5.11 Å². The second-order valence-electron chi connectivity index (χ2n) is 3.35. The van der Waals surface area contributed by atoms with E-state index in [4.69, 9.17) is 16.7 Å². The molecule has 1 aromatic rings. The van der Waals surface area contributed by atoms with Crippen molar-refractivity contribution >= 4 is 17.7 Å². The zero-order valence-corrected chi connectivity index (χ0v) is 7.96. The lowest BCUT2D eigenvalue weighted by Crippen LogP contribution is -1.81. The van der Waals surface area contributed by atoms with Gasteiger partial charge in [-0.2, -0.15) is 0 Å². The highest BCUT2D eigenvalue weighted by Crippen LogP contribution is 2.38. The zero-order valence-electron chi connectivity index (χ0n) is 7.20. The van der Waals surface area contributed by atoms with E-state index in [0.29, 0.717) is 5.92 Å². The minimum atomic E-state index is 0.277. The summed E-state index contributed by atoms with van der Waals surface area (Å²) in [5.74, 6) is 0.413. The van der Waals surface area contributed by atoms with Crippen LogP contribution in [-0.2, 0) is 0 Å². The Hall–Kier alpha value is -0.790. The van der Waals surface area contributed by atoms with Gasteiger partial charge in [-0.3, -0.25) is 0 Å². The first-order valence-electron chi connectivity index (χ1n) is 4.36. The van der Waals surface area contributed by atoms with Crippen molar-refractivity contribution in [2.24, 2.45) is 5.92 Å². The van der Waals surface area contributed by atoms with Crippen molar-refractivity contribution < 1.29 is 5.11 Å². The zero-order chi connectivity index (χ0) is 9.26. The summed E-state index contributed by atoms with van der Waals surface area (Å²) in [6.45, 7) is 0.277. The van der Waals surface area contributed by atoms with Gasteiger partial charge >= 0.3 is 0 Å². The van der Waals surface area contributed by atoms with Gasteiger partial charge in [0.15, 0.2) is 0 Å². The molecule has 1 N–H and O–H groups in total. The predicted molar refractivity (Wildman–Crippen MR) is 54.6 cm³/mol. The SMILES string of the molecule is OCC1C/C1=C\c1ccc(Cl)cc1. The Morgan fingerprint density at radius 2 is 2.08 bits per heavy atom. The Kier molecular flexibility index (Phi) is 2.38. The molecule has 0 aliphatic heterocycles. The summed E-state index contributed by atoms with van der Waals surface area (Å²) in [6, 6.07) is 7.73. The highest BCUT2D eigenvalue weighted by atomic mass is 35.5. The topological polar surface area (TPSA) is 20.2 Å². The molecule has 1 aliphatic carbocycles. The standard InChI is InChI=1S/C11H11ClO/c12-11-3-1-8(2-4-11)5-9-6-10(9)7-13/h1-5,10,13H,6-7H2/b9-5+. The van der Waals surface area contributed by atoms with Crippen molar-refractivity contribution in [1.82, 2.24) is 0 Å². The molecule has 1 unspecified atom stereocenters. The molecule has 0 bridgehead atoms. The molecule has 13 heavy (non-hydrogen) atoms. The molecule has 0 saturated heterocycles. The van der Waals surface area contributed by atoms with Crippen molar-refractivity contribution in [3.8, 4) is 0 Å². The van der Waals surface area contributed by atoms with E-state index in [9.17, 15) is 0 Å². The summed E-state index contributed by atoms with van der Waals surface area (Å²) in [5, 5.41) is 9.60. The van der Waals surface area contributed by atoms with Gasteiger partial charge in [-0.1, -0.05) is 35.4 Å². The van der Waals surface area contributed by atoms with Crippen LogP contribution in [0.15, 0.2) is 29.8 Å². The van der Waals surface area contributed by atoms with Crippen LogP contribution in [0.1, 0.15) is 12.0 Å². The number of hydrogen-bond donors (Lipinski definition) is 1. The molecule has 0 heterocycles. The minimum Gasteiger partial charge on any atom is -0.396 e. The molecule has 1 aromatic carbocycles. The minimum absolute atomic E-state index is 0.277. The van der Waals surface area contributed by atoms with Gasteiger partial charge in [-0.05, 0) is 24.1 Å². The van der Waals surface area contributed by atoms with Crippen LogP contribution in [-0.4, -0.2) is 11.7 Å². The fraction of sp³-hybridized carbons (Fsp3) is 0.273. The van der Waals surface area contributed by atoms with Crippen LogP contribution in [0, 0.1) is 5.92 Å². The number of rotatable bonds is 2. The average Bonchev–Trinajstić information content (AvgIpc) is 2.88. The molecule has 0 aromatic heterocycles. The lowest BCUT2D eigenvalue weighted by atomic mass is 10.2. The summed E-state index contributed by atoms with van der Waals surface area (Å²) in [5.41, 5.74) is 2.50. The Morgan fingerprint density at radius 1 is 1.38 bits per heavy atom. The molecule has 1 saturated carbocycles. The molecular formula is C11H11ClO. The molecule has 1 aliphatic rings. The summed E-state index contributed by atoms with van der Waals surface area (Å²) in [7, 11) is 0. The van der Waals surface area contributed by atoms with Crippen LogP contribution in [0.25, 0.3) is 6.08 Å². The molecular weight excluding hydrogens is 184 g/mol. The molecule has 68 valence electrons. The Balaban J connectivity index is 2.11. The molecule has 0 amide bonds. The van der Waals surface area contributed by atoms with Crippen molar-refractivity contribution in [1.29, 1.82) is 0 Å². The fourth-order valence-electron chi connectivity index (χ4n) is 1.36. The van der Waals surface area contributed by atoms with Crippen LogP contribution in [0.3, 0.4) is 0 Å². The van der Waals surface area contributed by atoms with Gasteiger partial charge in [0, 0.05) is 17.5 Å². The van der Waals surface area contributed by atoms with Gasteiger partial charge in [-0.25, -0.2) is 0 Å². The number of hydrogen-bond acceptors (Lipinski definition) is 1. The van der Waals surface area contributed by atoms with Gasteiger partial charge in [0.25, 0.3) is 0 Å². The van der Waals surface area contributed by atoms with Gasteiger partial charge in [0.2, 0.25) is 0 Å². The van der Waals surface area contributed by atoms with E-state index in [-0.39, 0.29) is 6.61 Å². The molecule has 0 radical (unpaired) electrons. The first-order valence-corrected chi connectivity index (χ1v) is 4.74. The van der Waals surface area contributed by atoms with Gasteiger partial charge in [0.1, 0.15) is 0 Å². The largest absolute Gasteiger partial charge is 0.396 e. The highest BCUT2D eigenvalue weighted by molar-refractivity contribution is 6.30. The Morgan fingerprint density at radius 3 is 2.62 bits per heavy atom. The molecule has 1 nitrogen and oxygen atoms in total. The summed E-state index contributed by atoms with van der Waals surface area (Å²) in [6.07, 6.45) is 3.16. The second kappa shape index (κ2) is 3.52. The molecule has 2 rings (SSSR count). The van der Waals surface area contributed by atoms with Crippen LogP contribution >= 0.6 is 11.6 Å². The molecule has 1 fully saturated rings. The van der Waals surface area contributed by atoms with E-state index in [2.05, 4.69) is 6.08 Å². The third-order valence-electron chi connectivity index (χ3n) is 2.29. The van der Waals surface area contributed by atoms with Crippen molar-refractivity contribution in [3.63, 3.8) is 0 Å². The first-order chi connectivity index (χ1) is 6.29.